The lowest BCUT2D eigenvalue weighted by Crippen LogP contribution is -2.26. The maximum atomic E-state index is 11.5. The highest BCUT2D eigenvalue weighted by molar-refractivity contribution is 7.91. The van der Waals surface area contributed by atoms with Crippen LogP contribution in [0.5, 0.6) is 0 Å². The van der Waals surface area contributed by atoms with Crippen molar-refractivity contribution in [2.75, 3.05) is 36.1 Å². The Labute approximate surface area is 116 Å². The molecule has 1 aliphatic heterocycles. The first-order chi connectivity index (χ1) is 9.02. The maximum absolute atomic E-state index is 11.5. The van der Waals surface area contributed by atoms with Crippen molar-refractivity contribution in [1.29, 1.82) is 0 Å². The van der Waals surface area contributed by atoms with Crippen molar-refractivity contribution in [2.24, 2.45) is 0 Å². The second kappa shape index (κ2) is 5.87. The van der Waals surface area contributed by atoms with E-state index in [-0.39, 0.29) is 17.2 Å². The number of rotatable bonds is 3. The molecule has 6 nitrogen and oxygen atoms in total. The van der Waals surface area contributed by atoms with Crippen LogP contribution in [0.25, 0.3) is 0 Å². The Morgan fingerprint density at radius 3 is 3.00 bits per heavy atom. The molecule has 1 saturated heterocycles. The fourth-order valence-corrected chi connectivity index (χ4v) is 3.96. The third-order valence-corrected chi connectivity index (χ3v) is 5.42. The number of ether oxygens (including phenoxy) is 1. The highest BCUT2D eigenvalue weighted by Gasteiger charge is 2.22. The summed E-state index contributed by atoms with van der Waals surface area (Å²) in [6.07, 6.45) is 0.594. The van der Waals surface area contributed by atoms with E-state index >= 15 is 0 Å². The molecule has 2 heterocycles. The minimum atomic E-state index is -2.93. The minimum absolute atomic E-state index is 0.140. The average molecular weight is 304 g/mol. The Morgan fingerprint density at radius 1 is 1.47 bits per heavy atom. The van der Waals surface area contributed by atoms with Gasteiger partial charge in [0.1, 0.15) is 0 Å². The van der Waals surface area contributed by atoms with Crippen molar-refractivity contribution in [1.82, 2.24) is 4.98 Å². The molecule has 0 saturated carbocycles. The van der Waals surface area contributed by atoms with Gasteiger partial charge in [-0.05, 0) is 13.3 Å². The lowest BCUT2D eigenvalue weighted by molar-refractivity contribution is 0.0520. The maximum Gasteiger partial charge on any atom is 0.357 e. The Bertz CT molecular complexity index is 553. The summed E-state index contributed by atoms with van der Waals surface area (Å²) in [5.41, 5.74) is 0.286. The highest BCUT2D eigenvalue weighted by atomic mass is 32.2. The molecule has 0 radical (unpaired) electrons. The van der Waals surface area contributed by atoms with Gasteiger partial charge in [0.25, 0.3) is 0 Å². The highest BCUT2D eigenvalue weighted by Crippen LogP contribution is 2.22. The number of hydrogen-bond donors (Lipinski definition) is 0. The van der Waals surface area contributed by atoms with Gasteiger partial charge >= 0.3 is 5.97 Å². The monoisotopic (exact) mass is 304 g/mol. The Balaban J connectivity index is 2.08. The Kier molecular flexibility index (Phi) is 4.41. The van der Waals surface area contributed by atoms with Crippen molar-refractivity contribution in [3.8, 4) is 0 Å². The summed E-state index contributed by atoms with van der Waals surface area (Å²) in [5, 5.41) is 2.33. The van der Waals surface area contributed by atoms with Gasteiger partial charge in [-0.3, -0.25) is 0 Å². The molecule has 0 atom stereocenters. The normalized spacial score (nSPS) is 18.9. The van der Waals surface area contributed by atoms with E-state index in [1.807, 2.05) is 4.90 Å². The van der Waals surface area contributed by atoms with Gasteiger partial charge in [-0.2, -0.15) is 0 Å². The van der Waals surface area contributed by atoms with Crippen LogP contribution in [0.4, 0.5) is 5.13 Å². The van der Waals surface area contributed by atoms with Crippen molar-refractivity contribution in [3.05, 3.63) is 11.1 Å². The fourth-order valence-electron chi connectivity index (χ4n) is 1.84. The second-order valence-corrected chi connectivity index (χ2v) is 7.37. The summed E-state index contributed by atoms with van der Waals surface area (Å²) in [6, 6.07) is 0. The van der Waals surface area contributed by atoms with Gasteiger partial charge in [0.2, 0.25) is 0 Å². The lowest BCUT2D eigenvalue weighted by Gasteiger charge is -2.17. The molecule has 19 heavy (non-hydrogen) atoms. The fraction of sp³-hybridized carbons (Fsp3) is 0.636. The van der Waals surface area contributed by atoms with E-state index in [9.17, 15) is 13.2 Å². The number of carbonyl (C=O) groups excluding carboxylic acids is 1. The third kappa shape index (κ3) is 3.66. The Hall–Kier alpha value is -1.15. The smallest absolute Gasteiger partial charge is 0.357 e. The van der Waals surface area contributed by atoms with Crippen molar-refractivity contribution in [3.63, 3.8) is 0 Å². The number of sulfone groups is 1. The molecular weight excluding hydrogens is 288 g/mol. The zero-order chi connectivity index (χ0) is 13.9. The molecule has 8 heteroatoms. The van der Waals surface area contributed by atoms with Crippen LogP contribution in [0, 0.1) is 0 Å². The summed E-state index contributed by atoms with van der Waals surface area (Å²) in [5.74, 6) is -0.0755. The Morgan fingerprint density at radius 2 is 2.26 bits per heavy atom. The van der Waals surface area contributed by atoms with E-state index in [0.717, 1.165) is 0 Å². The average Bonchev–Trinajstić information content (AvgIpc) is 2.76. The standard InChI is InChI=1S/C11H16N2O4S2/c1-2-17-10(14)9-8-18-11(12-9)13-4-3-6-19(15,16)7-5-13/h8H,2-7H2,1H3. The van der Waals surface area contributed by atoms with Gasteiger partial charge in [-0.1, -0.05) is 0 Å². The van der Waals surface area contributed by atoms with E-state index in [1.54, 1.807) is 12.3 Å². The molecule has 0 bridgehead atoms. The predicted molar refractivity (Wildman–Crippen MR) is 73.6 cm³/mol. The molecule has 1 fully saturated rings. The largest absolute Gasteiger partial charge is 0.461 e. The first-order valence-electron chi connectivity index (χ1n) is 6.10. The quantitative estimate of drug-likeness (QED) is 0.774. The molecule has 0 N–H and O–H groups in total. The van der Waals surface area contributed by atoms with Crippen LogP contribution in [0.3, 0.4) is 0 Å². The third-order valence-electron chi connectivity index (χ3n) is 2.80. The summed E-state index contributed by atoms with van der Waals surface area (Å²) in [6.45, 7) is 3.13. The summed E-state index contributed by atoms with van der Waals surface area (Å²) >= 11 is 1.34. The molecule has 0 aliphatic carbocycles. The minimum Gasteiger partial charge on any atom is -0.461 e. The molecule has 1 aliphatic rings. The molecule has 1 aromatic rings. The van der Waals surface area contributed by atoms with Gasteiger partial charge in [0.05, 0.1) is 18.1 Å². The van der Waals surface area contributed by atoms with Crippen molar-refractivity contribution in [2.45, 2.75) is 13.3 Å². The molecule has 0 unspecified atom stereocenters. The van der Waals surface area contributed by atoms with E-state index in [2.05, 4.69) is 4.98 Å². The van der Waals surface area contributed by atoms with E-state index < -0.39 is 15.8 Å². The molecule has 0 amide bonds. The molecule has 1 aromatic heterocycles. The first kappa shape index (κ1) is 14.3. The summed E-state index contributed by atoms with van der Waals surface area (Å²) in [7, 11) is -2.93. The first-order valence-corrected chi connectivity index (χ1v) is 8.80. The van der Waals surface area contributed by atoms with Crippen LogP contribution in [-0.4, -0.2) is 50.6 Å². The predicted octanol–water partition coefficient (Wildman–Crippen LogP) is 0.945. The number of anilines is 1. The van der Waals surface area contributed by atoms with Crippen LogP contribution >= 0.6 is 11.3 Å². The van der Waals surface area contributed by atoms with Crippen LogP contribution in [0.1, 0.15) is 23.8 Å². The molecule has 106 valence electrons. The number of nitrogens with zero attached hydrogens (tertiary/aromatic N) is 2. The van der Waals surface area contributed by atoms with Gasteiger partial charge < -0.3 is 9.64 Å². The van der Waals surface area contributed by atoms with Crippen LogP contribution < -0.4 is 4.90 Å². The topological polar surface area (TPSA) is 76.6 Å². The van der Waals surface area contributed by atoms with E-state index in [4.69, 9.17) is 4.74 Å². The van der Waals surface area contributed by atoms with Crippen molar-refractivity contribution >= 4 is 32.3 Å². The second-order valence-electron chi connectivity index (χ2n) is 4.23. The van der Waals surface area contributed by atoms with Gasteiger partial charge in [0.15, 0.2) is 20.7 Å². The molecular formula is C11H16N2O4S2. The molecule has 0 aromatic carbocycles. The zero-order valence-electron chi connectivity index (χ0n) is 10.7. The van der Waals surface area contributed by atoms with E-state index in [0.29, 0.717) is 31.2 Å². The number of thiazole rings is 1. The lowest BCUT2D eigenvalue weighted by atomic mass is 10.4. The van der Waals surface area contributed by atoms with Gasteiger partial charge in [0, 0.05) is 18.5 Å². The molecule has 2 rings (SSSR count). The molecule has 0 spiro atoms. The number of aromatic nitrogens is 1. The number of hydrogen-bond acceptors (Lipinski definition) is 7. The van der Waals surface area contributed by atoms with Crippen LogP contribution in [-0.2, 0) is 14.6 Å². The van der Waals surface area contributed by atoms with Crippen molar-refractivity contribution < 1.29 is 17.9 Å². The number of esters is 1. The van der Waals surface area contributed by atoms with Crippen LogP contribution in [0.15, 0.2) is 5.38 Å². The summed E-state index contributed by atoms with van der Waals surface area (Å²) in [4.78, 5) is 17.7. The summed E-state index contributed by atoms with van der Waals surface area (Å²) < 4.78 is 27.9. The van der Waals surface area contributed by atoms with Gasteiger partial charge in [-0.15, -0.1) is 11.3 Å². The van der Waals surface area contributed by atoms with Crippen LogP contribution in [0.2, 0.25) is 0 Å². The SMILES string of the molecule is CCOC(=O)c1csc(N2CCCS(=O)(=O)CC2)n1. The van der Waals surface area contributed by atoms with E-state index in [1.165, 1.54) is 11.3 Å². The zero-order valence-corrected chi connectivity index (χ0v) is 12.3. The van der Waals surface area contributed by atoms with Gasteiger partial charge in [-0.25, -0.2) is 18.2 Å². The number of carbonyl (C=O) groups is 1.